The lowest BCUT2D eigenvalue weighted by Gasteiger charge is -2.35. The summed E-state index contributed by atoms with van der Waals surface area (Å²) in [5, 5.41) is 9.62. The Kier molecular flexibility index (Phi) is 10.9. The molecule has 0 radical (unpaired) electrons. The standard InChI is InChI=1S/C36H40F3N7O3/c1-25-8-9-27(21-26(25)11-13-30-23-41-32-7-5-15-42-46(30)32)33(47)43-29-12-10-28(31(22-29)36(37,38)39)24-45-19-17-44(18-20-45)16-6-14-40-34(48)49-35(2,3)4/h5,7-10,12,15,21-23H,6,14,16-20,24H2,1-4H3,(H,40,48)(H,43,47). The van der Waals surface area contributed by atoms with E-state index in [9.17, 15) is 22.8 Å². The van der Waals surface area contributed by atoms with E-state index in [0.717, 1.165) is 24.6 Å². The summed E-state index contributed by atoms with van der Waals surface area (Å²) in [5.41, 5.74) is 1.80. The molecular weight excluding hydrogens is 635 g/mol. The molecule has 1 fully saturated rings. The van der Waals surface area contributed by atoms with E-state index in [1.807, 2.05) is 17.9 Å². The number of alkyl carbamates (subject to hydrolysis) is 1. The van der Waals surface area contributed by atoms with Crippen molar-refractivity contribution in [3.63, 3.8) is 0 Å². The van der Waals surface area contributed by atoms with Crippen LogP contribution in [-0.2, 0) is 17.5 Å². The minimum absolute atomic E-state index is 0.0518. The van der Waals surface area contributed by atoms with E-state index in [0.29, 0.717) is 49.6 Å². The lowest BCUT2D eigenvalue weighted by molar-refractivity contribution is -0.138. The van der Waals surface area contributed by atoms with E-state index < -0.39 is 29.3 Å². The molecule has 1 aliphatic heterocycles. The first kappa shape index (κ1) is 35.4. The van der Waals surface area contributed by atoms with Crippen molar-refractivity contribution in [1.29, 1.82) is 0 Å². The molecule has 4 aromatic rings. The van der Waals surface area contributed by atoms with Gasteiger partial charge in [0, 0.05) is 62.3 Å². The quantitative estimate of drug-likeness (QED) is 0.181. The lowest BCUT2D eigenvalue weighted by atomic mass is 10.0. The summed E-state index contributed by atoms with van der Waals surface area (Å²) >= 11 is 0. The normalized spacial score (nSPS) is 14.3. The van der Waals surface area contributed by atoms with Crippen LogP contribution in [0, 0.1) is 18.8 Å². The van der Waals surface area contributed by atoms with Gasteiger partial charge >= 0.3 is 12.3 Å². The Balaban J connectivity index is 1.18. The molecule has 0 unspecified atom stereocenters. The third-order valence-electron chi connectivity index (χ3n) is 7.95. The zero-order valence-corrected chi connectivity index (χ0v) is 28.0. The minimum Gasteiger partial charge on any atom is -0.444 e. The number of anilines is 1. The van der Waals surface area contributed by atoms with Crippen LogP contribution in [0.3, 0.4) is 0 Å². The van der Waals surface area contributed by atoms with Crippen molar-refractivity contribution in [1.82, 2.24) is 29.7 Å². The Labute approximate surface area is 283 Å². The SMILES string of the molecule is Cc1ccc(C(=O)Nc2ccc(CN3CCN(CCCNC(=O)OC(C)(C)C)CC3)c(C(F)(F)F)c2)cc1C#Cc1cnc2cccnn12. The first-order valence-electron chi connectivity index (χ1n) is 16.1. The topological polar surface area (TPSA) is 104 Å². The van der Waals surface area contributed by atoms with Crippen LogP contribution >= 0.6 is 0 Å². The summed E-state index contributed by atoms with van der Waals surface area (Å²) in [5.74, 6) is 5.55. The molecule has 0 spiro atoms. The van der Waals surface area contributed by atoms with Gasteiger partial charge in [0.1, 0.15) is 11.3 Å². The number of piperazine rings is 1. The van der Waals surface area contributed by atoms with Crippen LogP contribution in [0.1, 0.15) is 65.5 Å². The van der Waals surface area contributed by atoms with Gasteiger partial charge in [0.2, 0.25) is 0 Å². The average Bonchev–Trinajstić information content (AvgIpc) is 3.46. The number of alkyl halides is 3. The number of carbonyl (C=O) groups is 2. The van der Waals surface area contributed by atoms with Crippen molar-refractivity contribution in [2.45, 2.75) is 52.4 Å². The number of imidazole rings is 1. The molecule has 3 heterocycles. The van der Waals surface area contributed by atoms with Crippen molar-refractivity contribution in [2.24, 2.45) is 0 Å². The molecule has 2 aromatic carbocycles. The molecule has 49 heavy (non-hydrogen) atoms. The number of aryl methyl sites for hydroxylation is 1. The van der Waals surface area contributed by atoms with E-state index in [2.05, 4.69) is 37.5 Å². The minimum atomic E-state index is -4.60. The van der Waals surface area contributed by atoms with Crippen molar-refractivity contribution in [2.75, 3.05) is 44.6 Å². The highest BCUT2D eigenvalue weighted by Gasteiger charge is 2.34. The maximum absolute atomic E-state index is 14.2. The number of nitrogens with zero attached hydrogens (tertiary/aromatic N) is 5. The maximum Gasteiger partial charge on any atom is 0.416 e. The molecule has 0 saturated carbocycles. The van der Waals surface area contributed by atoms with Crippen LogP contribution in [0.5, 0.6) is 0 Å². The van der Waals surface area contributed by atoms with E-state index in [-0.39, 0.29) is 23.4 Å². The summed E-state index contributed by atoms with van der Waals surface area (Å²) in [4.78, 5) is 33.5. The Hall–Kier alpha value is -4.93. The number of amides is 2. The number of hydrogen-bond donors (Lipinski definition) is 2. The van der Waals surface area contributed by atoms with Gasteiger partial charge in [-0.3, -0.25) is 9.69 Å². The molecule has 0 atom stereocenters. The third kappa shape index (κ3) is 9.81. The second-order valence-corrected chi connectivity index (χ2v) is 12.9. The molecular formula is C36H40F3N7O3. The van der Waals surface area contributed by atoms with Gasteiger partial charge in [0.05, 0.1) is 11.8 Å². The van der Waals surface area contributed by atoms with Gasteiger partial charge in [-0.05, 0) is 94.1 Å². The van der Waals surface area contributed by atoms with Crippen LogP contribution in [0.2, 0.25) is 0 Å². The molecule has 13 heteroatoms. The zero-order valence-electron chi connectivity index (χ0n) is 28.0. The maximum atomic E-state index is 14.2. The van der Waals surface area contributed by atoms with Crippen LogP contribution in [-0.4, -0.2) is 81.3 Å². The predicted molar refractivity (Wildman–Crippen MR) is 180 cm³/mol. The summed E-state index contributed by atoms with van der Waals surface area (Å²) in [6, 6.07) is 12.5. The number of carbonyl (C=O) groups excluding carboxylic acids is 2. The molecule has 1 saturated heterocycles. The zero-order chi connectivity index (χ0) is 35.2. The number of halogens is 3. The van der Waals surface area contributed by atoms with Gasteiger partial charge in [-0.15, -0.1) is 0 Å². The predicted octanol–water partition coefficient (Wildman–Crippen LogP) is 5.74. The highest BCUT2D eigenvalue weighted by molar-refractivity contribution is 6.04. The fourth-order valence-electron chi connectivity index (χ4n) is 5.42. The Bertz CT molecular complexity index is 1860. The van der Waals surface area contributed by atoms with Crippen LogP contribution < -0.4 is 10.6 Å². The number of ether oxygens (including phenoxy) is 1. The van der Waals surface area contributed by atoms with E-state index >= 15 is 0 Å². The van der Waals surface area contributed by atoms with Gasteiger partial charge < -0.3 is 20.3 Å². The summed E-state index contributed by atoms with van der Waals surface area (Å²) in [6.07, 6.45) is -1.07. The summed E-state index contributed by atoms with van der Waals surface area (Å²) in [6.45, 7) is 11.3. The molecule has 2 amide bonds. The van der Waals surface area contributed by atoms with Crippen molar-refractivity contribution in [3.8, 4) is 11.8 Å². The number of rotatable bonds is 8. The molecule has 258 valence electrons. The fourth-order valence-corrected chi connectivity index (χ4v) is 5.42. The van der Waals surface area contributed by atoms with Crippen molar-refractivity contribution >= 4 is 23.3 Å². The molecule has 5 rings (SSSR count). The molecule has 2 aromatic heterocycles. The van der Waals surface area contributed by atoms with E-state index in [1.165, 1.54) is 12.1 Å². The Morgan fingerprint density at radius 2 is 1.73 bits per heavy atom. The largest absolute Gasteiger partial charge is 0.444 e. The van der Waals surface area contributed by atoms with Crippen LogP contribution in [0.25, 0.3) is 5.65 Å². The molecule has 0 bridgehead atoms. The van der Waals surface area contributed by atoms with E-state index in [1.54, 1.807) is 61.9 Å². The number of benzene rings is 2. The second kappa shape index (κ2) is 15.1. The highest BCUT2D eigenvalue weighted by Crippen LogP contribution is 2.35. The van der Waals surface area contributed by atoms with Gasteiger partial charge in [-0.1, -0.05) is 18.1 Å². The highest BCUT2D eigenvalue weighted by atomic mass is 19.4. The lowest BCUT2D eigenvalue weighted by Crippen LogP contribution is -2.46. The molecule has 0 aliphatic carbocycles. The van der Waals surface area contributed by atoms with Gasteiger partial charge in [-0.25, -0.2) is 14.3 Å². The van der Waals surface area contributed by atoms with Crippen molar-refractivity contribution in [3.05, 3.63) is 94.4 Å². The monoisotopic (exact) mass is 675 g/mol. The van der Waals surface area contributed by atoms with Crippen LogP contribution in [0.4, 0.5) is 23.7 Å². The van der Waals surface area contributed by atoms with Crippen molar-refractivity contribution < 1.29 is 27.5 Å². The third-order valence-corrected chi connectivity index (χ3v) is 7.95. The molecule has 1 aliphatic rings. The molecule has 10 nitrogen and oxygen atoms in total. The first-order valence-corrected chi connectivity index (χ1v) is 16.1. The number of hydrogen-bond acceptors (Lipinski definition) is 7. The fraction of sp³-hybridized carbons (Fsp3) is 0.389. The summed E-state index contributed by atoms with van der Waals surface area (Å²) < 4.78 is 49.5. The number of nitrogens with one attached hydrogen (secondary N) is 2. The Morgan fingerprint density at radius 3 is 2.47 bits per heavy atom. The second-order valence-electron chi connectivity index (χ2n) is 12.9. The number of aromatic nitrogens is 3. The molecule has 2 N–H and O–H groups in total. The number of fused-ring (bicyclic) bond motifs is 1. The van der Waals surface area contributed by atoms with Gasteiger partial charge in [0.25, 0.3) is 5.91 Å². The summed E-state index contributed by atoms with van der Waals surface area (Å²) in [7, 11) is 0. The van der Waals surface area contributed by atoms with Gasteiger partial charge in [0.15, 0.2) is 5.65 Å². The Morgan fingerprint density at radius 1 is 0.980 bits per heavy atom. The van der Waals surface area contributed by atoms with Crippen LogP contribution in [0.15, 0.2) is 60.9 Å². The average molecular weight is 676 g/mol. The smallest absolute Gasteiger partial charge is 0.416 e. The first-order chi connectivity index (χ1) is 23.2. The van der Waals surface area contributed by atoms with Gasteiger partial charge in [-0.2, -0.15) is 18.3 Å². The van der Waals surface area contributed by atoms with E-state index in [4.69, 9.17) is 4.74 Å².